The van der Waals surface area contributed by atoms with E-state index in [2.05, 4.69) is 29.8 Å². The number of aliphatic hydroxyl groups excluding tert-OH is 1. The van der Waals surface area contributed by atoms with Crippen LogP contribution in [0.4, 0.5) is 0 Å². The molecule has 104 valence electrons. The summed E-state index contributed by atoms with van der Waals surface area (Å²) in [5.74, 6) is 0.650. The van der Waals surface area contributed by atoms with Crippen molar-refractivity contribution in [3.8, 4) is 5.75 Å². The number of halogens is 2. The van der Waals surface area contributed by atoms with Gasteiger partial charge in [-0.2, -0.15) is 0 Å². The second-order valence-corrected chi connectivity index (χ2v) is 5.60. The summed E-state index contributed by atoms with van der Waals surface area (Å²) in [7, 11) is 0. The first-order valence-electron chi connectivity index (χ1n) is 5.84. The van der Waals surface area contributed by atoms with Crippen molar-refractivity contribution < 1.29 is 10.2 Å². The molecule has 0 saturated carbocycles. The lowest BCUT2D eigenvalue weighted by molar-refractivity contribution is 0.127. The fourth-order valence-corrected chi connectivity index (χ4v) is 2.07. The summed E-state index contributed by atoms with van der Waals surface area (Å²) in [5.41, 5.74) is 6.54. The van der Waals surface area contributed by atoms with Gasteiger partial charge in [0.1, 0.15) is 5.75 Å². The van der Waals surface area contributed by atoms with Gasteiger partial charge in [-0.3, -0.25) is 0 Å². The number of benzene rings is 1. The molecule has 0 saturated heterocycles. The summed E-state index contributed by atoms with van der Waals surface area (Å²) in [6, 6.07) is 4.73. The molecule has 0 spiro atoms. The molecule has 3 nitrogen and oxygen atoms in total. The van der Waals surface area contributed by atoms with Gasteiger partial charge in [0.2, 0.25) is 0 Å². The van der Waals surface area contributed by atoms with Crippen LogP contribution in [0.2, 0.25) is 0 Å². The zero-order valence-electron chi connectivity index (χ0n) is 10.6. The molecule has 0 amide bonds. The Hall–Kier alpha value is -0.290. The van der Waals surface area contributed by atoms with Crippen LogP contribution in [0.3, 0.4) is 0 Å². The van der Waals surface area contributed by atoms with Crippen molar-refractivity contribution in [1.29, 1.82) is 0 Å². The molecule has 0 aliphatic heterocycles. The van der Waals surface area contributed by atoms with Crippen molar-refractivity contribution in [3.63, 3.8) is 0 Å². The molecule has 1 aromatic carbocycles. The highest BCUT2D eigenvalue weighted by Gasteiger charge is 2.20. The number of phenols is 1. The largest absolute Gasteiger partial charge is 0.506 e. The lowest BCUT2D eigenvalue weighted by Crippen LogP contribution is -2.26. The molecule has 0 radical (unpaired) electrons. The monoisotopic (exact) mass is 337 g/mol. The topological polar surface area (TPSA) is 66.5 Å². The molecule has 18 heavy (non-hydrogen) atoms. The minimum absolute atomic E-state index is 0. The van der Waals surface area contributed by atoms with E-state index >= 15 is 0 Å². The fraction of sp³-hybridized carbons (Fsp3) is 0.538. The fourth-order valence-electron chi connectivity index (χ4n) is 1.69. The van der Waals surface area contributed by atoms with Crippen LogP contribution in [0.5, 0.6) is 5.75 Å². The van der Waals surface area contributed by atoms with Gasteiger partial charge in [0.15, 0.2) is 0 Å². The first-order chi connectivity index (χ1) is 7.93. The predicted molar refractivity (Wildman–Crippen MR) is 80.1 cm³/mol. The van der Waals surface area contributed by atoms with E-state index in [1.807, 2.05) is 0 Å². The number of phenolic OH excluding ortho intramolecular Hbond substituents is 1. The minimum atomic E-state index is -0.627. The van der Waals surface area contributed by atoms with Gasteiger partial charge in [-0.1, -0.05) is 26.0 Å². The Morgan fingerprint density at radius 2 is 1.89 bits per heavy atom. The number of nitrogens with two attached hydrogens (primary N) is 1. The van der Waals surface area contributed by atoms with Gasteiger partial charge in [0, 0.05) is 5.56 Å². The van der Waals surface area contributed by atoms with E-state index in [-0.39, 0.29) is 18.2 Å². The molecule has 0 aliphatic carbocycles. The average molecular weight is 339 g/mol. The Morgan fingerprint density at radius 3 is 2.44 bits per heavy atom. The van der Waals surface area contributed by atoms with Gasteiger partial charge in [0.05, 0.1) is 16.6 Å². The molecular weight excluding hydrogens is 318 g/mol. The second-order valence-electron chi connectivity index (χ2n) is 4.74. The summed E-state index contributed by atoms with van der Waals surface area (Å²) >= 11 is 3.24. The van der Waals surface area contributed by atoms with Gasteiger partial charge in [0.25, 0.3) is 0 Å². The third-order valence-corrected chi connectivity index (χ3v) is 3.47. The number of hydrogen-bond donors (Lipinski definition) is 3. The lowest BCUT2D eigenvalue weighted by atomic mass is 9.95. The lowest BCUT2D eigenvalue weighted by Gasteiger charge is -2.21. The van der Waals surface area contributed by atoms with Crippen LogP contribution in [0.25, 0.3) is 0 Å². The summed E-state index contributed by atoms with van der Waals surface area (Å²) in [5, 5.41) is 19.8. The van der Waals surface area contributed by atoms with E-state index in [1.54, 1.807) is 18.2 Å². The Bertz CT molecular complexity index is 374. The minimum Gasteiger partial charge on any atom is -0.506 e. The van der Waals surface area contributed by atoms with Crippen molar-refractivity contribution in [1.82, 2.24) is 0 Å². The highest BCUT2D eigenvalue weighted by Crippen LogP contribution is 2.32. The van der Waals surface area contributed by atoms with Gasteiger partial charge >= 0.3 is 0 Å². The normalized spacial score (nSPS) is 14.1. The highest BCUT2D eigenvalue weighted by atomic mass is 79.9. The summed E-state index contributed by atoms with van der Waals surface area (Å²) in [6.45, 7) is 4.21. The van der Waals surface area contributed by atoms with E-state index < -0.39 is 12.1 Å². The quantitative estimate of drug-likeness (QED) is 0.771. The van der Waals surface area contributed by atoms with Crippen molar-refractivity contribution in [2.75, 3.05) is 0 Å². The molecule has 0 aromatic heterocycles. The van der Waals surface area contributed by atoms with Gasteiger partial charge in [-0.15, -0.1) is 12.4 Å². The number of hydrogen-bond acceptors (Lipinski definition) is 3. The van der Waals surface area contributed by atoms with Crippen LogP contribution in [-0.4, -0.2) is 16.3 Å². The van der Waals surface area contributed by atoms with E-state index in [4.69, 9.17) is 5.73 Å². The van der Waals surface area contributed by atoms with Crippen molar-refractivity contribution >= 4 is 28.3 Å². The van der Waals surface area contributed by atoms with E-state index in [1.165, 1.54) is 0 Å². The molecule has 0 aliphatic rings. The predicted octanol–water partition coefficient (Wildman–Crippen LogP) is 3.37. The number of aliphatic hydroxyl groups is 1. The van der Waals surface area contributed by atoms with Crippen LogP contribution >= 0.6 is 28.3 Å². The first-order valence-corrected chi connectivity index (χ1v) is 6.63. The molecule has 0 bridgehead atoms. The van der Waals surface area contributed by atoms with Crippen LogP contribution in [0.1, 0.15) is 38.3 Å². The van der Waals surface area contributed by atoms with Crippen LogP contribution < -0.4 is 5.73 Å². The molecular formula is C13H21BrClNO2. The molecule has 0 fully saturated rings. The smallest absolute Gasteiger partial charge is 0.134 e. The summed E-state index contributed by atoms with van der Waals surface area (Å²) < 4.78 is 0.599. The zero-order chi connectivity index (χ0) is 13.0. The Morgan fingerprint density at radius 1 is 1.28 bits per heavy atom. The standard InChI is InChI=1S/C13H20BrNO2.ClH/c1-8(2)6-7-11(16)12(15)9-4-3-5-10(14)13(9)17;/h3-5,8,11-12,16-17H,6-7,15H2,1-2H3;1H/t11-,12+;/m0./s1. The number of rotatable bonds is 5. The van der Waals surface area contributed by atoms with Crippen LogP contribution in [0.15, 0.2) is 22.7 Å². The summed E-state index contributed by atoms with van der Waals surface area (Å²) in [4.78, 5) is 0. The molecule has 5 heteroatoms. The molecule has 1 rings (SSSR count). The van der Waals surface area contributed by atoms with Crippen LogP contribution in [0, 0.1) is 5.92 Å². The molecule has 1 aromatic rings. The second kappa shape index (κ2) is 8.00. The Balaban J connectivity index is 0.00000289. The Kier molecular flexibility index (Phi) is 7.87. The molecule has 0 unspecified atom stereocenters. The van der Waals surface area contributed by atoms with Crippen molar-refractivity contribution in [3.05, 3.63) is 28.2 Å². The molecule has 2 atom stereocenters. The van der Waals surface area contributed by atoms with Crippen molar-refractivity contribution in [2.24, 2.45) is 11.7 Å². The maximum Gasteiger partial charge on any atom is 0.134 e. The van der Waals surface area contributed by atoms with Gasteiger partial charge in [-0.05, 0) is 40.8 Å². The van der Waals surface area contributed by atoms with E-state index in [0.717, 1.165) is 6.42 Å². The van der Waals surface area contributed by atoms with E-state index in [0.29, 0.717) is 22.4 Å². The highest BCUT2D eigenvalue weighted by molar-refractivity contribution is 9.10. The first kappa shape index (κ1) is 17.7. The van der Waals surface area contributed by atoms with E-state index in [9.17, 15) is 10.2 Å². The van der Waals surface area contributed by atoms with Gasteiger partial charge < -0.3 is 15.9 Å². The SMILES string of the molecule is CC(C)CC[C@H](O)[C@H](N)c1cccc(Br)c1O.Cl. The third-order valence-electron chi connectivity index (χ3n) is 2.83. The maximum absolute atomic E-state index is 9.98. The molecule has 4 N–H and O–H groups in total. The number of aromatic hydroxyl groups is 1. The third kappa shape index (κ3) is 4.76. The van der Waals surface area contributed by atoms with Crippen LogP contribution in [-0.2, 0) is 0 Å². The van der Waals surface area contributed by atoms with Gasteiger partial charge in [-0.25, -0.2) is 0 Å². The zero-order valence-corrected chi connectivity index (χ0v) is 13.0. The average Bonchev–Trinajstić information content (AvgIpc) is 2.28. The van der Waals surface area contributed by atoms with Crippen molar-refractivity contribution in [2.45, 2.75) is 38.8 Å². The molecule has 0 heterocycles. The maximum atomic E-state index is 9.98. The number of para-hydroxylation sites is 1. The Labute approximate surface area is 123 Å². The summed E-state index contributed by atoms with van der Waals surface area (Å²) in [6.07, 6.45) is 0.937.